The lowest BCUT2D eigenvalue weighted by Crippen LogP contribution is -2.16. The molecule has 28 heavy (non-hydrogen) atoms. The molecule has 0 aliphatic carbocycles. The molecule has 1 aliphatic heterocycles. The van der Waals surface area contributed by atoms with Gasteiger partial charge in [-0.25, -0.2) is 0 Å². The van der Waals surface area contributed by atoms with Gasteiger partial charge in [-0.1, -0.05) is 72.3 Å². The summed E-state index contributed by atoms with van der Waals surface area (Å²) in [5, 5.41) is 6.28. The van der Waals surface area contributed by atoms with E-state index in [1.165, 1.54) is 5.56 Å². The average molecular weight is 385 g/mol. The standard InChI is InChI=1S/C24H20NO2P/c1-17-11-14-19(15-12-17)25-24-22-16-13-18-7-5-6-10-21(18)23(22)27-28(24,26)20-8-3-2-4-9-20/h2-16,24-25H,1H3/t24-,28-/m0/s1. The third-order valence-electron chi connectivity index (χ3n) is 5.24. The van der Waals surface area contributed by atoms with Crippen molar-refractivity contribution in [2.75, 3.05) is 5.32 Å². The summed E-state index contributed by atoms with van der Waals surface area (Å²) in [5.41, 5.74) is 3.05. The minimum Gasteiger partial charge on any atom is -0.437 e. The Morgan fingerprint density at radius 3 is 2.32 bits per heavy atom. The number of benzene rings is 4. The fourth-order valence-electron chi connectivity index (χ4n) is 3.76. The highest BCUT2D eigenvalue weighted by Crippen LogP contribution is 2.66. The van der Waals surface area contributed by atoms with Crippen LogP contribution in [0.15, 0.2) is 91.0 Å². The van der Waals surface area contributed by atoms with Gasteiger partial charge in [0.15, 0.2) is 0 Å². The number of anilines is 1. The molecular formula is C24H20NO2P. The van der Waals surface area contributed by atoms with Gasteiger partial charge in [0.2, 0.25) is 0 Å². The molecule has 4 aromatic rings. The van der Waals surface area contributed by atoms with E-state index in [0.29, 0.717) is 0 Å². The Bertz CT molecular complexity index is 1200. The van der Waals surface area contributed by atoms with Crippen LogP contribution >= 0.6 is 7.37 Å². The number of nitrogens with one attached hydrogen (secondary N) is 1. The average Bonchev–Trinajstić information content (AvgIpc) is 3.03. The van der Waals surface area contributed by atoms with Gasteiger partial charge < -0.3 is 9.84 Å². The van der Waals surface area contributed by atoms with Crippen LogP contribution in [-0.2, 0) is 4.57 Å². The molecule has 0 bridgehead atoms. The summed E-state index contributed by atoms with van der Waals surface area (Å²) < 4.78 is 20.5. The second-order valence-corrected chi connectivity index (χ2v) is 9.55. The van der Waals surface area contributed by atoms with E-state index >= 15 is 0 Å². The SMILES string of the molecule is Cc1ccc(N[C@@H]2c3ccc4ccccc4c3O[P@@]2(=O)c2ccccc2)cc1. The van der Waals surface area contributed by atoms with Crippen LogP contribution in [0, 0.1) is 6.92 Å². The molecule has 3 nitrogen and oxygen atoms in total. The lowest BCUT2D eigenvalue weighted by molar-refractivity contribution is 0.503. The number of aryl methyl sites for hydroxylation is 1. The van der Waals surface area contributed by atoms with Crippen molar-refractivity contribution in [2.45, 2.75) is 12.7 Å². The highest BCUT2D eigenvalue weighted by molar-refractivity contribution is 7.68. The van der Waals surface area contributed by atoms with Crippen molar-refractivity contribution in [3.05, 3.63) is 102 Å². The molecule has 0 saturated heterocycles. The van der Waals surface area contributed by atoms with Gasteiger partial charge in [-0.2, -0.15) is 0 Å². The molecule has 1 aliphatic rings. The fourth-order valence-corrected chi connectivity index (χ4v) is 6.22. The van der Waals surface area contributed by atoms with Crippen molar-refractivity contribution >= 4 is 29.1 Å². The van der Waals surface area contributed by atoms with E-state index in [-0.39, 0.29) is 0 Å². The van der Waals surface area contributed by atoms with E-state index < -0.39 is 13.2 Å². The first-order valence-corrected chi connectivity index (χ1v) is 11.0. The Labute approximate surface area is 164 Å². The van der Waals surface area contributed by atoms with Crippen LogP contribution < -0.4 is 15.1 Å². The van der Waals surface area contributed by atoms with Gasteiger partial charge in [0, 0.05) is 16.6 Å². The number of rotatable bonds is 3. The maximum Gasteiger partial charge on any atom is 0.303 e. The summed E-state index contributed by atoms with van der Waals surface area (Å²) in [6, 6.07) is 29.8. The summed E-state index contributed by atoms with van der Waals surface area (Å²) in [6.07, 6.45) is 0. The van der Waals surface area contributed by atoms with Gasteiger partial charge in [-0.15, -0.1) is 0 Å². The molecule has 0 radical (unpaired) electrons. The van der Waals surface area contributed by atoms with E-state index in [9.17, 15) is 4.57 Å². The molecule has 0 spiro atoms. The van der Waals surface area contributed by atoms with Crippen molar-refractivity contribution in [3.8, 4) is 5.75 Å². The molecule has 0 unspecified atom stereocenters. The van der Waals surface area contributed by atoms with Crippen molar-refractivity contribution in [1.29, 1.82) is 0 Å². The van der Waals surface area contributed by atoms with Gasteiger partial charge >= 0.3 is 7.37 Å². The van der Waals surface area contributed by atoms with Crippen molar-refractivity contribution < 1.29 is 9.09 Å². The summed E-state index contributed by atoms with van der Waals surface area (Å²) in [4.78, 5) is 0. The van der Waals surface area contributed by atoms with E-state index in [0.717, 1.165) is 33.1 Å². The van der Waals surface area contributed by atoms with E-state index in [4.69, 9.17) is 4.52 Å². The highest BCUT2D eigenvalue weighted by Gasteiger charge is 2.46. The molecular weight excluding hydrogens is 365 g/mol. The van der Waals surface area contributed by atoms with Crippen molar-refractivity contribution in [2.24, 2.45) is 0 Å². The van der Waals surface area contributed by atoms with E-state index in [2.05, 4.69) is 18.3 Å². The Morgan fingerprint density at radius 2 is 1.54 bits per heavy atom. The van der Waals surface area contributed by atoms with Gasteiger partial charge in [0.1, 0.15) is 11.5 Å². The van der Waals surface area contributed by atoms with Gasteiger partial charge in [0.25, 0.3) is 0 Å². The molecule has 5 rings (SSSR count). The predicted molar refractivity (Wildman–Crippen MR) is 116 cm³/mol. The topological polar surface area (TPSA) is 38.3 Å². The normalized spacial score (nSPS) is 20.5. The maximum atomic E-state index is 14.2. The molecule has 2 atom stereocenters. The smallest absolute Gasteiger partial charge is 0.303 e. The van der Waals surface area contributed by atoms with Gasteiger partial charge in [-0.3, -0.25) is 4.57 Å². The number of hydrogen-bond donors (Lipinski definition) is 1. The van der Waals surface area contributed by atoms with Crippen LogP contribution in [0.5, 0.6) is 5.75 Å². The molecule has 0 aromatic heterocycles. The second kappa shape index (κ2) is 6.54. The number of fused-ring (bicyclic) bond motifs is 3. The summed E-state index contributed by atoms with van der Waals surface area (Å²) >= 11 is 0. The highest BCUT2D eigenvalue weighted by atomic mass is 31.2. The Kier molecular flexibility index (Phi) is 3.99. The molecule has 4 aromatic carbocycles. The van der Waals surface area contributed by atoms with Crippen LogP contribution in [0.4, 0.5) is 5.69 Å². The minimum absolute atomic E-state index is 0.433. The first kappa shape index (κ1) is 17.1. The Hall–Kier alpha value is -3.03. The predicted octanol–water partition coefficient (Wildman–Crippen LogP) is 6.25. The first-order valence-electron chi connectivity index (χ1n) is 9.35. The lowest BCUT2D eigenvalue weighted by atomic mass is 10.1. The van der Waals surface area contributed by atoms with E-state index in [1.54, 1.807) is 0 Å². The zero-order valence-corrected chi connectivity index (χ0v) is 16.4. The van der Waals surface area contributed by atoms with Crippen LogP contribution in [0.3, 0.4) is 0 Å². The largest absolute Gasteiger partial charge is 0.437 e. The van der Waals surface area contributed by atoms with Crippen molar-refractivity contribution in [3.63, 3.8) is 0 Å². The van der Waals surface area contributed by atoms with E-state index in [1.807, 2.05) is 84.9 Å². The third kappa shape index (κ3) is 2.71. The van der Waals surface area contributed by atoms with Gasteiger partial charge in [-0.05, 0) is 36.6 Å². The quantitative estimate of drug-likeness (QED) is 0.423. The lowest BCUT2D eigenvalue weighted by Gasteiger charge is -2.22. The van der Waals surface area contributed by atoms with Crippen LogP contribution in [0.1, 0.15) is 16.9 Å². The molecule has 4 heteroatoms. The van der Waals surface area contributed by atoms with Gasteiger partial charge in [0.05, 0.1) is 5.30 Å². The second-order valence-electron chi connectivity index (χ2n) is 7.14. The summed E-state index contributed by atoms with van der Waals surface area (Å²) in [7, 11) is -3.21. The minimum atomic E-state index is -3.21. The third-order valence-corrected chi connectivity index (χ3v) is 7.80. The molecule has 0 amide bonds. The van der Waals surface area contributed by atoms with Crippen LogP contribution in [0.25, 0.3) is 10.8 Å². The zero-order chi connectivity index (χ0) is 19.1. The molecule has 0 fully saturated rings. The molecule has 1 N–H and O–H groups in total. The van der Waals surface area contributed by atoms with Crippen LogP contribution in [0.2, 0.25) is 0 Å². The summed E-state index contributed by atoms with van der Waals surface area (Å²) in [6.45, 7) is 2.05. The maximum absolute atomic E-state index is 14.2. The number of hydrogen-bond acceptors (Lipinski definition) is 3. The molecule has 138 valence electrons. The monoisotopic (exact) mass is 385 g/mol. The fraction of sp³-hybridized carbons (Fsp3) is 0.0833. The molecule has 1 heterocycles. The summed E-state index contributed by atoms with van der Waals surface area (Å²) in [5.74, 6) is 0.284. The molecule has 0 saturated carbocycles. The zero-order valence-electron chi connectivity index (χ0n) is 15.5. The Balaban J connectivity index is 1.69. The van der Waals surface area contributed by atoms with Crippen LogP contribution in [-0.4, -0.2) is 0 Å². The van der Waals surface area contributed by atoms with Crippen molar-refractivity contribution in [1.82, 2.24) is 0 Å². The Morgan fingerprint density at radius 1 is 0.821 bits per heavy atom. The first-order chi connectivity index (χ1) is 13.6.